The number of thiazole rings is 1. The number of rotatable bonds is 7. The maximum atomic E-state index is 13.7. The summed E-state index contributed by atoms with van der Waals surface area (Å²) in [4.78, 5) is 42.6. The molecule has 1 aliphatic rings. The molecule has 0 aliphatic carbocycles. The monoisotopic (exact) mass is 648 g/mol. The summed E-state index contributed by atoms with van der Waals surface area (Å²) in [5.74, 6) is -1.26. The van der Waals surface area contributed by atoms with E-state index in [1.807, 2.05) is 31.2 Å². The van der Waals surface area contributed by atoms with Gasteiger partial charge in [0.25, 0.3) is 5.56 Å². The van der Waals surface area contributed by atoms with Crippen LogP contribution < -0.4 is 19.6 Å². The van der Waals surface area contributed by atoms with Gasteiger partial charge in [0.1, 0.15) is 5.75 Å². The van der Waals surface area contributed by atoms with E-state index in [1.165, 1.54) is 15.9 Å². The number of aromatic nitrogens is 1. The Balaban J connectivity index is 1.86. The number of nitrogens with zero attached hydrogens (tertiary/aromatic N) is 2. The lowest BCUT2D eigenvalue weighted by Crippen LogP contribution is -2.39. The number of aryl methyl sites for hydroxylation is 1. The SMILES string of the molecule is CCOC(=O)C1=C(C)N=c2s/c(=C/c3cc(Br)c(OCC(=O)O)c(Br)c3)c(=O)n2[C@@H]1c1ccc(C)cc1. The molecule has 0 saturated heterocycles. The molecule has 2 aromatic carbocycles. The largest absolute Gasteiger partial charge is 0.480 e. The van der Waals surface area contributed by atoms with Crippen LogP contribution in [0.25, 0.3) is 6.08 Å². The fraction of sp³-hybridized carbons (Fsp3) is 0.231. The molecule has 2 heterocycles. The number of ether oxygens (including phenoxy) is 2. The first-order valence-corrected chi connectivity index (χ1v) is 13.6. The van der Waals surface area contributed by atoms with Crippen molar-refractivity contribution < 1.29 is 24.2 Å². The van der Waals surface area contributed by atoms with E-state index in [1.54, 1.807) is 32.1 Å². The molecule has 1 N–H and O–H groups in total. The number of allylic oxidation sites excluding steroid dienone is 1. The maximum absolute atomic E-state index is 13.7. The van der Waals surface area contributed by atoms with Gasteiger partial charge in [-0.3, -0.25) is 9.36 Å². The van der Waals surface area contributed by atoms with Crippen LogP contribution in [0.3, 0.4) is 0 Å². The lowest BCUT2D eigenvalue weighted by Gasteiger charge is -2.24. The van der Waals surface area contributed by atoms with Crippen LogP contribution in [0.5, 0.6) is 5.75 Å². The summed E-state index contributed by atoms with van der Waals surface area (Å²) >= 11 is 8.03. The Hall–Kier alpha value is -3.02. The van der Waals surface area contributed by atoms with Gasteiger partial charge in [-0.1, -0.05) is 41.2 Å². The van der Waals surface area contributed by atoms with Gasteiger partial charge in [0.2, 0.25) is 0 Å². The minimum atomic E-state index is -1.09. The fourth-order valence-corrected chi connectivity index (χ4v) is 6.44. The van der Waals surface area contributed by atoms with E-state index in [2.05, 4.69) is 36.9 Å². The molecule has 3 aromatic rings. The van der Waals surface area contributed by atoms with Crippen LogP contribution in [0.15, 0.2) is 66.4 Å². The Morgan fingerprint density at radius 3 is 2.41 bits per heavy atom. The molecule has 8 nitrogen and oxygen atoms in total. The number of fused-ring (bicyclic) bond motifs is 1. The van der Waals surface area contributed by atoms with Crippen LogP contribution in [0.2, 0.25) is 0 Å². The predicted octanol–water partition coefficient (Wildman–Crippen LogP) is 4.10. The Morgan fingerprint density at radius 2 is 1.81 bits per heavy atom. The molecule has 0 spiro atoms. The molecule has 37 heavy (non-hydrogen) atoms. The Kier molecular flexibility index (Phi) is 8.15. The molecular weight excluding hydrogens is 628 g/mol. The van der Waals surface area contributed by atoms with E-state index in [-0.39, 0.29) is 12.2 Å². The molecule has 192 valence electrons. The highest BCUT2D eigenvalue weighted by Crippen LogP contribution is 2.35. The molecule has 11 heteroatoms. The van der Waals surface area contributed by atoms with Crippen molar-refractivity contribution in [2.24, 2.45) is 4.99 Å². The summed E-state index contributed by atoms with van der Waals surface area (Å²) < 4.78 is 13.7. The second-order valence-electron chi connectivity index (χ2n) is 8.21. The third kappa shape index (κ3) is 5.63. The molecule has 4 rings (SSSR count). The van der Waals surface area contributed by atoms with Gasteiger partial charge in [-0.05, 0) is 82.0 Å². The lowest BCUT2D eigenvalue weighted by molar-refractivity contribution is -0.140. The Bertz CT molecular complexity index is 1580. The zero-order valence-electron chi connectivity index (χ0n) is 20.1. The first-order valence-electron chi connectivity index (χ1n) is 11.2. The van der Waals surface area contributed by atoms with Gasteiger partial charge in [-0.15, -0.1) is 0 Å². The molecule has 0 unspecified atom stereocenters. The van der Waals surface area contributed by atoms with Crippen molar-refractivity contribution in [2.45, 2.75) is 26.8 Å². The first kappa shape index (κ1) is 27.0. The Morgan fingerprint density at radius 1 is 1.16 bits per heavy atom. The summed E-state index contributed by atoms with van der Waals surface area (Å²) in [6, 6.07) is 10.5. The number of aliphatic carboxylic acids is 1. The van der Waals surface area contributed by atoms with Crippen LogP contribution in [-0.4, -0.2) is 34.8 Å². The molecule has 1 aromatic heterocycles. The van der Waals surface area contributed by atoms with E-state index in [0.29, 0.717) is 40.9 Å². The van der Waals surface area contributed by atoms with Crippen molar-refractivity contribution in [2.75, 3.05) is 13.2 Å². The molecule has 1 atom stereocenters. The molecule has 0 saturated carbocycles. The quantitative estimate of drug-likeness (QED) is 0.387. The van der Waals surface area contributed by atoms with Crippen LogP contribution in [-0.2, 0) is 14.3 Å². The van der Waals surface area contributed by atoms with Gasteiger partial charge in [-0.2, -0.15) is 0 Å². The summed E-state index contributed by atoms with van der Waals surface area (Å²) in [7, 11) is 0. The number of carbonyl (C=O) groups excluding carboxylic acids is 1. The van der Waals surface area contributed by atoms with E-state index >= 15 is 0 Å². The maximum Gasteiger partial charge on any atom is 0.341 e. The topological polar surface area (TPSA) is 107 Å². The fourth-order valence-electron chi connectivity index (χ4n) is 3.94. The third-order valence-corrected chi connectivity index (χ3v) is 7.73. The van der Waals surface area contributed by atoms with Gasteiger partial charge in [0.05, 0.1) is 37.4 Å². The number of esters is 1. The minimum absolute atomic E-state index is 0.205. The van der Waals surface area contributed by atoms with E-state index in [0.717, 1.165) is 11.1 Å². The number of carboxylic acid groups (broad SMARTS) is 1. The molecule has 0 bridgehead atoms. The van der Waals surface area contributed by atoms with Gasteiger partial charge >= 0.3 is 11.9 Å². The van der Waals surface area contributed by atoms with Crippen molar-refractivity contribution in [3.05, 3.63) is 93.0 Å². The van der Waals surface area contributed by atoms with Crippen LogP contribution in [0.4, 0.5) is 0 Å². The number of carbonyl (C=O) groups is 2. The van der Waals surface area contributed by atoms with Crippen molar-refractivity contribution >= 4 is 61.2 Å². The highest BCUT2D eigenvalue weighted by molar-refractivity contribution is 9.11. The normalized spacial score (nSPS) is 15.3. The van der Waals surface area contributed by atoms with Gasteiger partial charge < -0.3 is 14.6 Å². The van der Waals surface area contributed by atoms with Crippen molar-refractivity contribution in [3.8, 4) is 5.75 Å². The number of halogens is 2. The highest BCUT2D eigenvalue weighted by atomic mass is 79.9. The number of benzene rings is 2. The van der Waals surface area contributed by atoms with Gasteiger partial charge in [0.15, 0.2) is 11.4 Å². The average Bonchev–Trinajstić information content (AvgIpc) is 3.12. The van der Waals surface area contributed by atoms with E-state index in [4.69, 9.17) is 14.6 Å². The minimum Gasteiger partial charge on any atom is -0.480 e. The summed E-state index contributed by atoms with van der Waals surface area (Å²) in [6.45, 7) is 5.16. The second kappa shape index (κ2) is 11.2. The Labute approximate surface area is 232 Å². The standard InChI is InChI=1S/C26H22Br2N2O6S/c1-4-35-25(34)21-14(3)29-26-30(22(21)16-7-5-13(2)6-8-16)24(33)19(37-26)11-15-9-17(27)23(18(28)10-15)36-12-20(31)32/h5-11,22H,4,12H2,1-3H3,(H,31,32)/b19-11+/t22-/m1/s1. The second-order valence-corrected chi connectivity index (χ2v) is 10.9. The van der Waals surface area contributed by atoms with Crippen LogP contribution in [0, 0.1) is 6.92 Å². The van der Waals surface area contributed by atoms with E-state index in [9.17, 15) is 14.4 Å². The summed E-state index contributed by atoms with van der Waals surface area (Å²) in [6.07, 6.45) is 1.72. The van der Waals surface area contributed by atoms with Crippen molar-refractivity contribution in [1.82, 2.24) is 4.57 Å². The zero-order chi connectivity index (χ0) is 26.9. The number of carboxylic acids is 1. The molecule has 0 amide bonds. The highest BCUT2D eigenvalue weighted by Gasteiger charge is 2.33. The predicted molar refractivity (Wildman–Crippen MR) is 147 cm³/mol. The average molecular weight is 650 g/mol. The summed E-state index contributed by atoms with van der Waals surface area (Å²) in [5, 5.41) is 8.90. The third-order valence-electron chi connectivity index (χ3n) is 5.57. The molecule has 0 fully saturated rings. The van der Waals surface area contributed by atoms with Crippen LogP contribution in [0.1, 0.15) is 36.6 Å². The van der Waals surface area contributed by atoms with Gasteiger partial charge in [-0.25, -0.2) is 14.6 Å². The molecular formula is C26H22Br2N2O6S. The van der Waals surface area contributed by atoms with Crippen molar-refractivity contribution in [1.29, 1.82) is 0 Å². The first-order chi connectivity index (χ1) is 17.6. The van der Waals surface area contributed by atoms with E-state index < -0.39 is 24.6 Å². The molecule has 0 radical (unpaired) electrons. The smallest absolute Gasteiger partial charge is 0.341 e. The summed E-state index contributed by atoms with van der Waals surface area (Å²) in [5.41, 5.74) is 3.06. The lowest BCUT2D eigenvalue weighted by atomic mass is 9.95. The number of hydrogen-bond donors (Lipinski definition) is 1. The van der Waals surface area contributed by atoms with Crippen LogP contribution >= 0.6 is 43.2 Å². The zero-order valence-corrected chi connectivity index (χ0v) is 24.1. The van der Waals surface area contributed by atoms with Gasteiger partial charge in [0, 0.05) is 0 Å². The molecule has 1 aliphatic heterocycles. The number of hydrogen-bond acceptors (Lipinski definition) is 7. The van der Waals surface area contributed by atoms with Crippen molar-refractivity contribution in [3.63, 3.8) is 0 Å².